The normalized spacial score (nSPS) is 22.2. The van der Waals surface area contributed by atoms with Crippen LogP contribution in [0.25, 0.3) is 0 Å². The lowest BCUT2D eigenvalue weighted by atomic mass is 9.86. The van der Waals surface area contributed by atoms with Gasteiger partial charge < -0.3 is 20.2 Å². The van der Waals surface area contributed by atoms with Gasteiger partial charge in [0.1, 0.15) is 0 Å². The molecule has 0 bridgehead atoms. The van der Waals surface area contributed by atoms with Gasteiger partial charge in [-0.2, -0.15) is 0 Å². The van der Waals surface area contributed by atoms with Gasteiger partial charge in [0.2, 0.25) is 11.8 Å². The third-order valence-electron chi connectivity index (χ3n) is 5.90. The van der Waals surface area contributed by atoms with Crippen LogP contribution < -0.4 is 10.2 Å². The topological polar surface area (TPSA) is 90.0 Å². The van der Waals surface area contributed by atoms with Gasteiger partial charge in [-0.3, -0.25) is 14.4 Å². The largest absolute Gasteiger partial charge is 0.481 e. The smallest absolute Gasteiger partial charge is 0.303 e. The van der Waals surface area contributed by atoms with Gasteiger partial charge in [-0.25, -0.2) is 0 Å². The second-order valence-electron chi connectivity index (χ2n) is 7.93. The first kappa shape index (κ1) is 20.2. The van der Waals surface area contributed by atoms with Crippen molar-refractivity contribution in [2.24, 2.45) is 0 Å². The molecule has 2 aliphatic heterocycles. The lowest BCUT2D eigenvalue weighted by molar-refractivity contribution is -0.137. The SMILES string of the molecule is Cc1ccc(N2CCN(C(=O)CCC3(CCC(=O)O)CCC(=O)N3)CC2)cc1. The molecular weight excluding hydrogens is 358 g/mol. The molecule has 2 N–H and O–H groups in total. The maximum absolute atomic E-state index is 12.7. The minimum atomic E-state index is -0.876. The van der Waals surface area contributed by atoms with Crippen LogP contribution in [0.1, 0.15) is 44.1 Å². The molecule has 2 fully saturated rings. The number of aryl methyl sites for hydroxylation is 1. The lowest BCUT2D eigenvalue weighted by Crippen LogP contribution is -2.49. The monoisotopic (exact) mass is 387 g/mol. The number of carbonyl (C=O) groups excluding carboxylic acids is 2. The third-order valence-corrected chi connectivity index (χ3v) is 5.90. The number of piperazine rings is 1. The summed E-state index contributed by atoms with van der Waals surface area (Å²) in [6, 6.07) is 8.42. The fourth-order valence-electron chi connectivity index (χ4n) is 4.09. The molecule has 1 atom stereocenters. The molecule has 28 heavy (non-hydrogen) atoms. The van der Waals surface area contributed by atoms with Gasteiger partial charge in [0.15, 0.2) is 0 Å². The van der Waals surface area contributed by atoms with Crippen LogP contribution in [0.5, 0.6) is 0 Å². The van der Waals surface area contributed by atoms with Crippen molar-refractivity contribution in [1.82, 2.24) is 10.2 Å². The van der Waals surface area contributed by atoms with E-state index in [1.807, 2.05) is 4.90 Å². The summed E-state index contributed by atoms with van der Waals surface area (Å²) >= 11 is 0. The number of aliphatic carboxylic acids is 1. The number of nitrogens with one attached hydrogen (secondary N) is 1. The van der Waals surface area contributed by atoms with Gasteiger partial charge in [-0.1, -0.05) is 17.7 Å². The Kier molecular flexibility index (Phi) is 6.21. The van der Waals surface area contributed by atoms with Crippen LogP contribution in [0, 0.1) is 6.92 Å². The Morgan fingerprint density at radius 2 is 1.71 bits per heavy atom. The van der Waals surface area contributed by atoms with Crippen molar-refractivity contribution in [2.45, 2.75) is 51.0 Å². The fraction of sp³-hybridized carbons (Fsp3) is 0.571. The first-order chi connectivity index (χ1) is 13.4. The molecule has 0 radical (unpaired) electrons. The number of carboxylic acids is 1. The Morgan fingerprint density at radius 3 is 2.29 bits per heavy atom. The highest BCUT2D eigenvalue weighted by atomic mass is 16.4. The molecular formula is C21H29N3O4. The van der Waals surface area contributed by atoms with Gasteiger partial charge in [-0.15, -0.1) is 0 Å². The summed E-state index contributed by atoms with van der Waals surface area (Å²) < 4.78 is 0. The van der Waals surface area contributed by atoms with Crippen LogP contribution in [0.4, 0.5) is 5.69 Å². The minimum absolute atomic E-state index is 0.00367. The number of anilines is 1. The predicted molar refractivity (Wildman–Crippen MR) is 106 cm³/mol. The van der Waals surface area contributed by atoms with Crippen molar-refractivity contribution >= 4 is 23.5 Å². The average molecular weight is 387 g/mol. The van der Waals surface area contributed by atoms with Gasteiger partial charge >= 0.3 is 5.97 Å². The fourth-order valence-corrected chi connectivity index (χ4v) is 4.09. The molecule has 2 heterocycles. The molecule has 7 heteroatoms. The molecule has 152 valence electrons. The molecule has 0 aliphatic carbocycles. The third kappa shape index (κ3) is 5.03. The number of benzene rings is 1. The molecule has 1 aromatic rings. The maximum atomic E-state index is 12.7. The molecule has 3 rings (SSSR count). The first-order valence-electron chi connectivity index (χ1n) is 9.99. The van der Waals surface area contributed by atoms with Gasteiger partial charge in [0, 0.05) is 56.7 Å². The number of hydrogen-bond donors (Lipinski definition) is 2. The van der Waals surface area contributed by atoms with Crippen LogP contribution in [0.3, 0.4) is 0 Å². The van der Waals surface area contributed by atoms with Crippen LogP contribution in [0.15, 0.2) is 24.3 Å². The van der Waals surface area contributed by atoms with E-state index in [9.17, 15) is 14.4 Å². The zero-order valence-corrected chi connectivity index (χ0v) is 16.4. The molecule has 2 aliphatic rings. The molecule has 1 unspecified atom stereocenters. The van der Waals surface area contributed by atoms with Crippen molar-refractivity contribution in [1.29, 1.82) is 0 Å². The van der Waals surface area contributed by atoms with E-state index in [4.69, 9.17) is 5.11 Å². The van der Waals surface area contributed by atoms with Crippen molar-refractivity contribution in [3.8, 4) is 0 Å². The summed E-state index contributed by atoms with van der Waals surface area (Å²) in [6.45, 7) is 5.03. The molecule has 2 amide bonds. The lowest BCUT2D eigenvalue weighted by Gasteiger charge is -2.37. The van der Waals surface area contributed by atoms with Crippen molar-refractivity contribution < 1.29 is 19.5 Å². The predicted octanol–water partition coefficient (Wildman–Crippen LogP) is 1.94. The summed E-state index contributed by atoms with van der Waals surface area (Å²) in [5, 5.41) is 11.9. The van der Waals surface area contributed by atoms with Gasteiger partial charge in [-0.05, 0) is 38.3 Å². The maximum Gasteiger partial charge on any atom is 0.303 e. The molecule has 0 aromatic heterocycles. The number of carboxylic acid groups (broad SMARTS) is 1. The van der Waals surface area contributed by atoms with Crippen LogP contribution >= 0.6 is 0 Å². The number of amides is 2. The van der Waals surface area contributed by atoms with E-state index in [1.54, 1.807) is 0 Å². The Morgan fingerprint density at radius 1 is 1.07 bits per heavy atom. The Labute approximate surface area is 165 Å². The average Bonchev–Trinajstić information content (AvgIpc) is 3.07. The number of rotatable bonds is 7. The van der Waals surface area contributed by atoms with Crippen LogP contribution in [0.2, 0.25) is 0 Å². The summed E-state index contributed by atoms with van der Waals surface area (Å²) in [6.07, 6.45) is 2.23. The van der Waals surface area contributed by atoms with Gasteiger partial charge in [0.25, 0.3) is 0 Å². The summed E-state index contributed by atoms with van der Waals surface area (Å²) in [4.78, 5) is 39.5. The van der Waals surface area contributed by atoms with Crippen LogP contribution in [-0.2, 0) is 14.4 Å². The minimum Gasteiger partial charge on any atom is -0.481 e. The summed E-state index contributed by atoms with van der Waals surface area (Å²) in [5.74, 6) is -0.844. The molecule has 2 saturated heterocycles. The Balaban J connectivity index is 1.50. The van der Waals surface area contributed by atoms with E-state index >= 15 is 0 Å². The number of hydrogen-bond acceptors (Lipinski definition) is 4. The van der Waals surface area contributed by atoms with Crippen LogP contribution in [-0.4, -0.2) is 59.5 Å². The zero-order chi connectivity index (χ0) is 20.1. The molecule has 0 spiro atoms. The van der Waals surface area contributed by atoms with E-state index in [1.165, 1.54) is 11.3 Å². The van der Waals surface area contributed by atoms with Crippen molar-refractivity contribution in [2.75, 3.05) is 31.1 Å². The Hall–Kier alpha value is -2.57. The van der Waals surface area contributed by atoms with E-state index in [0.29, 0.717) is 45.2 Å². The highest BCUT2D eigenvalue weighted by molar-refractivity contribution is 5.80. The molecule has 0 saturated carbocycles. The summed E-state index contributed by atoms with van der Waals surface area (Å²) in [5.41, 5.74) is 1.86. The zero-order valence-electron chi connectivity index (χ0n) is 16.4. The van der Waals surface area contributed by atoms with E-state index < -0.39 is 11.5 Å². The first-order valence-corrected chi connectivity index (χ1v) is 9.99. The van der Waals surface area contributed by atoms with Gasteiger partial charge in [0.05, 0.1) is 0 Å². The van der Waals surface area contributed by atoms with Crippen molar-refractivity contribution in [3.63, 3.8) is 0 Å². The van der Waals surface area contributed by atoms with E-state index in [0.717, 1.165) is 13.1 Å². The summed E-state index contributed by atoms with van der Waals surface area (Å²) in [7, 11) is 0. The second-order valence-corrected chi connectivity index (χ2v) is 7.93. The number of carbonyl (C=O) groups is 3. The Bertz CT molecular complexity index is 726. The van der Waals surface area contributed by atoms with E-state index in [-0.39, 0.29) is 18.2 Å². The van der Waals surface area contributed by atoms with E-state index in [2.05, 4.69) is 41.4 Å². The van der Waals surface area contributed by atoms with Crippen molar-refractivity contribution in [3.05, 3.63) is 29.8 Å². The molecule has 1 aromatic carbocycles. The molecule has 7 nitrogen and oxygen atoms in total. The highest BCUT2D eigenvalue weighted by Gasteiger charge is 2.38. The second kappa shape index (κ2) is 8.63. The highest BCUT2D eigenvalue weighted by Crippen LogP contribution is 2.30. The number of nitrogens with zero attached hydrogens (tertiary/aromatic N) is 2. The standard InChI is InChI=1S/C21H29N3O4/c1-16-2-4-17(5-3-16)23-12-14-24(15-13-23)19(26)7-10-21(11-8-20(27)28)9-6-18(25)22-21/h2-5H,6-15H2,1H3,(H,22,25)(H,27,28). The quantitative estimate of drug-likeness (QED) is 0.746.